The van der Waals surface area contributed by atoms with Gasteiger partial charge in [-0.15, -0.1) is 0 Å². The van der Waals surface area contributed by atoms with E-state index >= 15 is 0 Å². The van der Waals surface area contributed by atoms with E-state index in [2.05, 4.69) is 25.9 Å². The second-order valence-corrected chi connectivity index (χ2v) is 8.35. The Hall–Kier alpha value is -3.49. The highest BCUT2D eigenvalue weighted by Crippen LogP contribution is 2.31. The van der Waals surface area contributed by atoms with Gasteiger partial charge < -0.3 is 15.2 Å². The van der Waals surface area contributed by atoms with Gasteiger partial charge in [-0.1, -0.05) is 24.4 Å². The van der Waals surface area contributed by atoms with Crippen LogP contribution in [-0.2, 0) is 11.8 Å². The predicted octanol–water partition coefficient (Wildman–Crippen LogP) is 3.34. The maximum absolute atomic E-state index is 13.2. The predicted molar refractivity (Wildman–Crippen MR) is 119 cm³/mol. The molecule has 1 atom stereocenters. The Morgan fingerprint density at radius 3 is 2.62 bits per heavy atom. The lowest BCUT2D eigenvalue weighted by Crippen LogP contribution is -2.40. The smallest absolute Gasteiger partial charge is 0.256 e. The molecule has 2 N–H and O–H groups in total. The Balaban J connectivity index is 1.45. The third kappa shape index (κ3) is 4.87. The van der Waals surface area contributed by atoms with Crippen LogP contribution in [0, 0.1) is 18.8 Å². The SMILES string of the molecule is Cc1cnn(C)c1-c1ccc(NC(=O)[C@H](CNC(=O)c2cnoc2)C2CCCCC2)nc1. The molecule has 0 saturated heterocycles. The summed E-state index contributed by atoms with van der Waals surface area (Å²) in [6.07, 6.45) is 11.6. The molecule has 1 fully saturated rings. The Morgan fingerprint density at radius 1 is 1.19 bits per heavy atom. The van der Waals surface area contributed by atoms with Crippen molar-refractivity contribution in [2.75, 3.05) is 11.9 Å². The zero-order valence-electron chi connectivity index (χ0n) is 18.4. The number of amides is 2. The van der Waals surface area contributed by atoms with Gasteiger partial charge in [-0.2, -0.15) is 5.10 Å². The van der Waals surface area contributed by atoms with Gasteiger partial charge in [-0.25, -0.2) is 4.98 Å². The molecule has 0 aliphatic heterocycles. The molecule has 0 bridgehead atoms. The fourth-order valence-electron chi connectivity index (χ4n) is 4.42. The fourth-order valence-corrected chi connectivity index (χ4v) is 4.42. The summed E-state index contributed by atoms with van der Waals surface area (Å²) in [5.74, 6) is -0.0408. The molecule has 1 aliphatic carbocycles. The number of nitrogens with zero attached hydrogens (tertiary/aromatic N) is 4. The van der Waals surface area contributed by atoms with Crippen LogP contribution in [-0.4, -0.2) is 38.3 Å². The first-order valence-corrected chi connectivity index (χ1v) is 11.0. The Bertz CT molecular complexity index is 1030. The van der Waals surface area contributed by atoms with Gasteiger partial charge in [0, 0.05) is 25.4 Å². The van der Waals surface area contributed by atoms with E-state index < -0.39 is 0 Å². The van der Waals surface area contributed by atoms with Gasteiger partial charge in [0.05, 0.1) is 29.6 Å². The molecule has 1 aliphatic rings. The van der Waals surface area contributed by atoms with Crippen LogP contribution < -0.4 is 10.6 Å². The zero-order valence-corrected chi connectivity index (χ0v) is 18.4. The summed E-state index contributed by atoms with van der Waals surface area (Å²) in [6.45, 7) is 2.26. The minimum atomic E-state index is -0.333. The van der Waals surface area contributed by atoms with Crippen LogP contribution in [0.4, 0.5) is 5.82 Å². The second kappa shape index (κ2) is 9.76. The van der Waals surface area contributed by atoms with E-state index in [1.54, 1.807) is 12.3 Å². The van der Waals surface area contributed by atoms with Crippen LogP contribution in [0.25, 0.3) is 11.3 Å². The molecule has 0 radical (unpaired) electrons. The summed E-state index contributed by atoms with van der Waals surface area (Å²) < 4.78 is 6.54. The van der Waals surface area contributed by atoms with Crippen LogP contribution in [0.1, 0.15) is 48.0 Å². The van der Waals surface area contributed by atoms with Crippen molar-refractivity contribution in [1.29, 1.82) is 0 Å². The van der Waals surface area contributed by atoms with Crippen molar-refractivity contribution >= 4 is 17.6 Å². The minimum Gasteiger partial charge on any atom is -0.364 e. The van der Waals surface area contributed by atoms with E-state index in [1.165, 1.54) is 18.9 Å². The number of rotatable bonds is 7. The van der Waals surface area contributed by atoms with Gasteiger partial charge in [0.2, 0.25) is 5.91 Å². The normalized spacial score (nSPS) is 15.3. The lowest BCUT2D eigenvalue weighted by molar-refractivity contribution is -0.121. The Labute approximate surface area is 186 Å². The second-order valence-electron chi connectivity index (χ2n) is 8.35. The van der Waals surface area contributed by atoms with Gasteiger partial charge in [0.15, 0.2) is 0 Å². The van der Waals surface area contributed by atoms with Crippen LogP contribution >= 0.6 is 0 Å². The third-order valence-corrected chi connectivity index (χ3v) is 6.14. The summed E-state index contributed by atoms with van der Waals surface area (Å²) in [6, 6.07) is 3.73. The monoisotopic (exact) mass is 436 g/mol. The summed E-state index contributed by atoms with van der Waals surface area (Å²) in [4.78, 5) is 29.9. The standard InChI is InChI=1S/C23H28N6O3/c1-15-10-26-29(2)21(15)17-8-9-20(24-11-17)28-23(31)19(16-6-4-3-5-7-16)13-25-22(30)18-12-27-32-14-18/h8-12,14,16,19H,3-7,13H2,1-2H3,(H,25,30)(H,24,28,31)/t19-/m1/s1. The van der Waals surface area contributed by atoms with Crippen molar-refractivity contribution in [2.24, 2.45) is 18.9 Å². The number of nitrogens with one attached hydrogen (secondary N) is 2. The maximum Gasteiger partial charge on any atom is 0.256 e. The van der Waals surface area contributed by atoms with E-state index in [4.69, 9.17) is 4.52 Å². The average molecular weight is 437 g/mol. The van der Waals surface area contributed by atoms with Crippen molar-refractivity contribution in [1.82, 2.24) is 25.2 Å². The van der Waals surface area contributed by atoms with E-state index in [-0.39, 0.29) is 30.2 Å². The quantitative estimate of drug-likeness (QED) is 0.587. The van der Waals surface area contributed by atoms with Gasteiger partial charge in [0.25, 0.3) is 5.91 Å². The van der Waals surface area contributed by atoms with Gasteiger partial charge in [-0.05, 0) is 43.4 Å². The molecule has 32 heavy (non-hydrogen) atoms. The van der Waals surface area contributed by atoms with Gasteiger partial charge >= 0.3 is 0 Å². The maximum atomic E-state index is 13.2. The molecular weight excluding hydrogens is 408 g/mol. The molecule has 2 amide bonds. The molecule has 0 unspecified atom stereocenters. The van der Waals surface area contributed by atoms with Crippen LogP contribution in [0.5, 0.6) is 0 Å². The molecular formula is C23H28N6O3. The highest BCUT2D eigenvalue weighted by molar-refractivity contribution is 5.95. The number of carbonyl (C=O) groups excluding carboxylic acids is 2. The molecule has 0 aromatic carbocycles. The van der Waals surface area contributed by atoms with Gasteiger partial charge in [-0.3, -0.25) is 14.3 Å². The van der Waals surface area contributed by atoms with Crippen molar-refractivity contribution < 1.29 is 14.1 Å². The average Bonchev–Trinajstić information content (AvgIpc) is 3.45. The van der Waals surface area contributed by atoms with Crippen molar-refractivity contribution in [3.8, 4) is 11.3 Å². The summed E-state index contributed by atoms with van der Waals surface area (Å²) in [7, 11) is 1.89. The topological polar surface area (TPSA) is 115 Å². The highest BCUT2D eigenvalue weighted by atomic mass is 16.5. The number of carbonyl (C=O) groups is 2. The molecule has 9 heteroatoms. The number of aryl methyl sites for hydroxylation is 2. The van der Waals surface area contributed by atoms with Crippen LogP contribution in [0.15, 0.2) is 41.5 Å². The van der Waals surface area contributed by atoms with E-state index in [1.807, 2.05) is 30.9 Å². The lowest BCUT2D eigenvalue weighted by atomic mass is 9.79. The Kier molecular flexibility index (Phi) is 6.63. The largest absolute Gasteiger partial charge is 0.364 e. The summed E-state index contributed by atoms with van der Waals surface area (Å²) in [5, 5.41) is 13.6. The molecule has 168 valence electrons. The first kappa shape index (κ1) is 21.7. The molecule has 3 aromatic heterocycles. The highest BCUT2D eigenvalue weighted by Gasteiger charge is 2.30. The molecule has 3 heterocycles. The number of pyridine rings is 1. The summed E-state index contributed by atoms with van der Waals surface area (Å²) >= 11 is 0. The number of anilines is 1. The van der Waals surface area contributed by atoms with Crippen molar-refractivity contribution in [3.05, 3.63) is 48.1 Å². The third-order valence-electron chi connectivity index (χ3n) is 6.14. The fraction of sp³-hybridized carbons (Fsp3) is 0.435. The van der Waals surface area contributed by atoms with Crippen LogP contribution in [0.2, 0.25) is 0 Å². The number of aromatic nitrogens is 4. The van der Waals surface area contributed by atoms with E-state index in [0.29, 0.717) is 11.4 Å². The van der Waals surface area contributed by atoms with Crippen LogP contribution in [0.3, 0.4) is 0 Å². The van der Waals surface area contributed by atoms with E-state index in [9.17, 15) is 9.59 Å². The molecule has 1 saturated carbocycles. The number of hydrogen-bond donors (Lipinski definition) is 2. The van der Waals surface area contributed by atoms with E-state index in [0.717, 1.165) is 42.5 Å². The van der Waals surface area contributed by atoms with Crippen molar-refractivity contribution in [2.45, 2.75) is 39.0 Å². The Morgan fingerprint density at radius 2 is 2.00 bits per heavy atom. The first-order valence-electron chi connectivity index (χ1n) is 11.0. The van der Waals surface area contributed by atoms with Gasteiger partial charge in [0.1, 0.15) is 12.1 Å². The molecule has 9 nitrogen and oxygen atoms in total. The summed E-state index contributed by atoms with van der Waals surface area (Å²) in [5.41, 5.74) is 3.33. The molecule has 4 rings (SSSR count). The first-order chi connectivity index (χ1) is 15.5. The lowest BCUT2D eigenvalue weighted by Gasteiger charge is -2.29. The van der Waals surface area contributed by atoms with Crippen molar-refractivity contribution in [3.63, 3.8) is 0 Å². The number of hydrogen-bond acceptors (Lipinski definition) is 6. The minimum absolute atomic E-state index is 0.125. The molecule has 3 aromatic rings. The molecule has 0 spiro atoms. The zero-order chi connectivity index (χ0) is 22.5.